The zero-order valence-electron chi connectivity index (χ0n) is 8.78. The summed E-state index contributed by atoms with van der Waals surface area (Å²) in [7, 11) is 0. The van der Waals surface area contributed by atoms with Crippen molar-refractivity contribution in [3.05, 3.63) is 23.8 Å². The van der Waals surface area contributed by atoms with Gasteiger partial charge in [0, 0.05) is 4.90 Å². The highest BCUT2D eigenvalue weighted by Crippen LogP contribution is 2.24. The van der Waals surface area contributed by atoms with Crippen LogP contribution in [0.15, 0.2) is 23.1 Å². The summed E-state index contributed by atoms with van der Waals surface area (Å²) in [6, 6.07) is 5.83. The number of aliphatic hydroxyl groups excluding tert-OH is 1. The standard InChI is InChI=1S/C11H16O2S/c1-8(2)13-10-4-9(7-12)5-11(6-10)14-3/h4-6,8,12H,7H2,1-3H3. The molecule has 1 aromatic carbocycles. The summed E-state index contributed by atoms with van der Waals surface area (Å²) in [5.74, 6) is 0.830. The first-order valence-corrected chi connectivity index (χ1v) is 5.83. The van der Waals surface area contributed by atoms with Crippen LogP contribution in [0, 0.1) is 0 Å². The van der Waals surface area contributed by atoms with Gasteiger partial charge < -0.3 is 9.84 Å². The van der Waals surface area contributed by atoms with Gasteiger partial charge in [-0.1, -0.05) is 0 Å². The average Bonchev–Trinajstić information content (AvgIpc) is 2.16. The van der Waals surface area contributed by atoms with Crippen molar-refractivity contribution in [2.75, 3.05) is 6.26 Å². The third kappa shape index (κ3) is 3.24. The van der Waals surface area contributed by atoms with Crippen molar-refractivity contribution < 1.29 is 9.84 Å². The molecular formula is C11H16O2S. The largest absolute Gasteiger partial charge is 0.491 e. The number of aliphatic hydroxyl groups is 1. The van der Waals surface area contributed by atoms with Gasteiger partial charge in [-0.25, -0.2) is 0 Å². The van der Waals surface area contributed by atoms with E-state index in [1.165, 1.54) is 0 Å². The van der Waals surface area contributed by atoms with E-state index in [-0.39, 0.29) is 12.7 Å². The first kappa shape index (κ1) is 11.4. The molecule has 0 saturated carbocycles. The minimum atomic E-state index is 0.0584. The highest BCUT2D eigenvalue weighted by Gasteiger charge is 2.02. The minimum absolute atomic E-state index is 0.0584. The predicted molar refractivity (Wildman–Crippen MR) is 59.9 cm³/mol. The molecule has 0 atom stereocenters. The monoisotopic (exact) mass is 212 g/mol. The number of ether oxygens (including phenoxy) is 1. The number of thioether (sulfide) groups is 1. The third-order valence-electron chi connectivity index (χ3n) is 1.73. The van der Waals surface area contributed by atoms with Crippen LogP contribution in [0.2, 0.25) is 0 Å². The van der Waals surface area contributed by atoms with Crippen LogP contribution in [-0.2, 0) is 6.61 Å². The van der Waals surface area contributed by atoms with Crippen molar-refractivity contribution >= 4 is 11.8 Å². The number of benzene rings is 1. The minimum Gasteiger partial charge on any atom is -0.491 e. The molecule has 0 heterocycles. The number of rotatable bonds is 4. The summed E-state index contributed by atoms with van der Waals surface area (Å²) < 4.78 is 5.57. The van der Waals surface area contributed by atoms with Crippen molar-refractivity contribution in [2.45, 2.75) is 31.5 Å². The summed E-state index contributed by atoms with van der Waals surface area (Å²) in [4.78, 5) is 1.12. The molecule has 0 aliphatic heterocycles. The topological polar surface area (TPSA) is 29.5 Å². The Morgan fingerprint density at radius 1 is 1.36 bits per heavy atom. The highest BCUT2D eigenvalue weighted by molar-refractivity contribution is 7.98. The van der Waals surface area contributed by atoms with Gasteiger partial charge in [-0.2, -0.15) is 0 Å². The van der Waals surface area contributed by atoms with Gasteiger partial charge in [-0.3, -0.25) is 0 Å². The summed E-state index contributed by atoms with van der Waals surface area (Å²) in [5.41, 5.74) is 0.896. The predicted octanol–water partition coefficient (Wildman–Crippen LogP) is 2.69. The van der Waals surface area contributed by atoms with Gasteiger partial charge in [0.05, 0.1) is 12.7 Å². The van der Waals surface area contributed by atoms with Crippen molar-refractivity contribution in [1.82, 2.24) is 0 Å². The van der Waals surface area contributed by atoms with Gasteiger partial charge in [0.2, 0.25) is 0 Å². The van der Waals surface area contributed by atoms with Crippen molar-refractivity contribution in [1.29, 1.82) is 0 Å². The van der Waals surface area contributed by atoms with Gasteiger partial charge in [-0.05, 0) is 43.9 Å². The molecule has 78 valence electrons. The van der Waals surface area contributed by atoms with E-state index in [9.17, 15) is 0 Å². The Kier molecular flexibility index (Phi) is 4.29. The SMILES string of the molecule is CSc1cc(CO)cc(OC(C)C)c1. The summed E-state index contributed by atoms with van der Waals surface area (Å²) >= 11 is 1.65. The van der Waals surface area contributed by atoms with Gasteiger partial charge in [0.1, 0.15) is 5.75 Å². The lowest BCUT2D eigenvalue weighted by atomic mass is 10.2. The summed E-state index contributed by atoms with van der Waals surface area (Å²) in [5, 5.41) is 9.05. The molecule has 1 aromatic rings. The van der Waals surface area contributed by atoms with E-state index < -0.39 is 0 Å². The zero-order chi connectivity index (χ0) is 10.6. The van der Waals surface area contributed by atoms with E-state index in [1.54, 1.807) is 11.8 Å². The second kappa shape index (κ2) is 5.27. The lowest BCUT2D eigenvalue weighted by Crippen LogP contribution is -2.05. The molecule has 0 aliphatic carbocycles. The summed E-state index contributed by atoms with van der Waals surface area (Å²) in [6.07, 6.45) is 2.17. The second-order valence-electron chi connectivity index (χ2n) is 3.34. The van der Waals surface area contributed by atoms with Crippen LogP contribution in [0.4, 0.5) is 0 Å². The molecular weight excluding hydrogens is 196 g/mol. The molecule has 0 saturated heterocycles. The molecule has 0 bridgehead atoms. The van der Waals surface area contributed by atoms with Crippen LogP contribution in [-0.4, -0.2) is 17.5 Å². The lowest BCUT2D eigenvalue weighted by Gasteiger charge is -2.11. The van der Waals surface area contributed by atoms with Crippen LogP contribution in [0.25, 0.3) is 0 Å². The molecule has 1 N–H and O–H groups in total. The van der Waals surface area contributed by atoms with E-state index in [2.05, 4.69) is 0 Å². The van der Waals surface area contributed by atoms with Crippen molar-refractivity contribution in [2.24, 2.45) is 0 Å². The Morgan fingerprint density at radius 2 is 2.07 bits per heavy atom. The van der Waals surface area contributed by atoms with Gasteiger partial charge in [0.15, 0.2) is 0 Å². The molecule has 0 spiro atoms. The van der Waals surface area contributed by atoms with E-state index in [4.69, 9.17) is 9.84 Å². The Balaban J connectivity index is 2.92. The fourth-order valence-electron chi connectivity index (χ4n) is 1.18. The molecule has 0 aliphatic rings. The maximum absolute atomic E-state index is 9.05. The van der Waals surface area contributed by atoms with Crippen LogP contribution >= 0.6 is 11.8 Å². The Morgan fingerprint density at radius 3 is 2.57 bits per heavy atom. The first-order valence-electron chi connectivity index (χ1n) is 4.61. The Hall–Kier alpha value is -0.670. The second-order valence-corrected chi connectivity index (χ2v) is 4.22. The normalized spacial score (nSPS) is 10.6. The van der Waals surface area contributed by atoms with Gasteiger partial charge in [-0.15, -0.1) is 11.8 Å². The van der Waals surface area contributed by atoms with Gasteiger partial charge >= 0.3 is 0 Å². The number of hydrogen-bond acceptors (Lipinski definition) is 3. The van der Waals surface area contributed by atoms with Gasteiger partial charge in [0.25, 0.3) is 0 Å². The highest BCUT2D eigenvalue weighted by atomic mass is 32.2. The maximum atomic E-state index is 9.05. The van der Waals surface area contributed by atoms with Crippen LogP contribution in [0.3, 0.4) is 0 Å². The smallest absolute Gasteiger partial charge is 0.121 e. The lowest BCUT2D eigenvalue weighted by molar-refractivity contribution is 0.239. The maximum Gasteiger partial charge on any atom is 0.121 e. The fourth-order valence-corrected chi connectivity index (χ4v) is 1.68. The van der Waals surface area contributed by atoms with Crippen molar-refractivity contribution in [3.63, 3.8) is 0 Å². The molecule has 2 nitrogen and oxygen atoms in total. The van der Waals surface area contributed by atoms with Crippen LogP contribution < -0.4 is 4.74 Å². The van der Waals surface area contributed by atoms with Crippen LogP contribution in [0.5, 0.6) is 5.75 Å². The quantitative estimate of drug-likeness (QED) is 0.778. The number of hydrogen-bond donors (Lipinski definition) is 1. The van der Waals surface area contributed by atoms with E-state index >= 15 is 0 Å². The molecule has 3 heteroatoms. The van der Waals surface area contributed by atoms with Crippen LogP contribution in [0.1, 0.15) is 19.4 Å². The first-order chi connectivity index (χ1) is 6.65. The molecule has 14 heavy (non-hydrogen) atoms. The summed E-state index contributed by atoms with van der Waals surface area (Å²) in [6.45, 7) is 4.04. The van der Waals surface area contributed by atoms with E-state index in [1.807, 2.05) is 38.3 Å². The Labute approximate surface area is 89.3 Å². The van der Waals surface area contributed by atoms with E-state index in [0.717, 1.165) is 16.2 Å². The molecule has 0 fully saturated rings. The third-order valence-corrected chi connectivity index (χ3v) is 2.44. The van der Waals surface area contributed by atoms with Crippen molar-refractivity contribution in [3.8, 4) is 5.75 Å². The zero-order valence-corrected chi connectivity index (χ0v) is 9.60. The molecule has 0 aromatic heterocycles. The fraction of sp³-hybridized carbons (Fsp3) is 0.455. The molecule has 0 amide bonds. The Bertz CT molecular complexity index is 275. The molecule has 0 radical (unpaired) electrons. The molecule has 1 rings (SSSR count). The average molecular weight is 212 g/mol. The van der Waals surface area contributed by atoms with E-state index in [0.29, 0.717) is 0 Å². The molecule has 0 unspecified atom stereocenters.